The van der Waals surface area contributed by atoms with Crippen LogP contribution >= 0.6 is 0 Å². The quantitative estimate of drug-likeness (QED) is 0.233. The lowest BCUT2D eigenvalue weighted by molar-refractivity contribution is 0.483. The Kier molecular flexibility index (Phi) is 5.60. The third-order valence-electron chi connectivity index (χ3n) is 7.11. The molecule has 0 amide bonds. The maximum Gasteiger partial charge on any atom is 0.149 e. The van der Waals surface area contributed by atoms with Crippen LogP contribution in [0.25, 0.3) is 50.0 Å². The van der Waals surface area contributed by atoms with E-state index >= 15 is 0 Å². The van der Waals surface area contributed by atoms with E-state index in [1.165, 1.54) is 0 Å². The molecule has 0 aliphatic carbocycles. The van der Waals surface area contributed by atoms with Crippen molar-refractivity contribution in [2.75, 3.05) is 0 Å². The average molecular weight is 521 g/mol. The Labute approximate surface area is 232 Å². The molecule has 0 fully saturated rings. The summed E-state index contributed by atoms with van der Waals surface area (Å²) in [6.45, 7) is 6.55. The topological polar surface area (TPSA) is 52.3 Å². The molecule has 7 aromatic rings. The molecule has 40 heavy (non-hydrogen) atoms. The minimum Gasteiger partial charge on any atom is -0.457 e. The van der Waals surface area contributed by atoms with Gasteiger partial charge < -0.3 is 4.74 Å². The molecule has 7 rings (SSSR count). The number of nitrogens with zero attached hydrogens (tertiary/aromatic N) is 4. The number of rotatable bonds is 4. The van der Waals surface area contributed by atoms with Crippen molar-refractivity contribution in [3.8, 4) is 33.9 Å². The van der Waals surface area contributed by atoms with Crippen LogP contribution in [-0.4, -0.2) is 19.4 Å². The van der Waals surface area contributed by atoms with E-state index in [1.54, 1.807) is 0 Å². The molecular formula is C35H28N4O. The zero-order valence-corrected chi connectivity index (χ0v) is 22.7. The normalized spacial score (nSPS) is 11.9. The van der Waals surface area contributed by atoms with Crippen LogP contribution in [0.3, 0.4) is 0 Å². The predicted molar refractivity (Wildman–Crippen MR) is 162 cm³/mol. The Hall–Kier alpha value is -5.03. The maximum absolute atomic E-state index is 6.39. The number of hydrogen-bond acceptors (Lipinski definition) is 4. The van der Waals surface area contributed by atoms with Gasteiger partial charge in [-0.05, 0) is 65.7 Å². The fourth-order valence-electron chi connectivity index (χ4n) is 5.20. The van der Waals surface area contributed by atoms with Crippen LogP contribution in [0.15, 0.2) is 115 Å². The number of para-hydroxylation sites is 2. The van der Waals surface area contributed by atoms with Crippen molar-refractivity contribution in [2.24, 2.45) is 0 Å². The van der Waals surface area contributed by atoms with Gasteiger partial charge in [0.15, 0.2) is 0 Å². The molecule has 0 atom stereocenters. The standard InChI is InChI=1S/C35H28N4O/c1-35(2,3)34-38-29-17-16-27(22-28(29)33-37-30-14-7-8-15-32(30)39(33)34)40-26-13-9-12-25(20-26)31-21-24(18-19-36-31)23-10-5-4-6-11-23/h4-22H,1-3H3. The fourth-order valence-corrected chi connectivity index (χ4v) is 5.20. The van der Waals surface area contributed by atoms with Gasteiger partial charge >= 0.3 is 0 Å². The molecular weight excluding hydrogens is 492 g/mol. The van der Waals surface area contributed by atoms with Crippen LogP contribution in [-0.2, 0) is 5.41 Å². The van der Waals surface area contributed by atoms with Crippen LogP contribution in [0.1, 0.15) is 26.6 Å². The third kappa shape index (κ3) is 4.26. The second-order valence-corrected chi connectivity index (χ2v) is 11.0. The highest BCUT2D eigenvalue weighted by Gasteiger charge is 2.23. The lowest BCUT2D eigenvalue weighted by atomic mass is 9.95. The van der Waals surface area contributed by atoms with Crippen molar-refractivity contribution >= 4 is 27.6 Å². The fraction of sp³-hybridized carbons (Fsp3) is 0.114. The van der Waals surface area contributed by atoms with E-state index < -0.39 is 0 Å². The van der Waals surface area contributed by atoms with E-state index in [2.05, 4.69) is 60.5 Å². The first-order chi connectivity index (χ1) is 19.4. The lowest BCUT2D eigenvalue weighted by Gasteiger charge is -2.21. The molecule has 0 aliphatic heterocycles. The maximum atomic E-state index is 6.39. The molecule has 194 valence electrons. The van der Waals surface area contributed by atoms with Gasteiger partial charge in [-0.3, -0.25) is 9.38 Å². The van der Waals surface area contributed by atoms with Gasteiger partial charge in [0.2, 0.25) is 0 Å². The average Bonchev–Trinajstić information content (AvgIpc) is 3.37. The molecule has 3 aromatic heterocycles. The van der Waals surface area contributed by atoms with Gasteiger partial charge in [0.25, 0.3) is 0 Å². The van der Waals surface area contributed by atoms with Crippen LogP contribution in [0.4, 0.5) is 0 Å². The van der Waals surface area contributed by atoms with Gasteiger partial charge in [0.05, 0.1) is 22.2 Å². The minimum absolute atomic E-state index is 0.155. The second kappa shape index (κ2) is 9.31. The molecule has 5 heteroatoms. The monoisotopic (exact) mass is 520 g/mol. The summed E-state index contributed by atoms with van der Waals surface area (Å²) in [5, 5.41) is 0.954. The zero-order valence-electron chi connectivity index (χ0n) is 22.7. The minimum atomic E-state index is -0.155. The number of aromatic nitrogens is 4. The number of fused-ring (bicyclic) bond motifs is 5. The third-order valence-corrected chi connectivity index (χ3v) is 7.11. The number of benzene rings is 4. The molecule has 0 N–H and O–H groups in total. The highest BCUT2D eigenvalue weighted by Crippen LogP contribution is 2.34. The summed E-state index contributed by atoms with van der Waals surface area (Å²) in [7, 11) is 0. The van der Waals surface area contributed by atoms with E-state index in [9.17, 15) is 0 Å². The smallest absolute Gasteiger partial charge is 0.149 e. The SMILES string of the molecule is CC(C)(C)c1nc2ccc(Oc3cccc(-c4cc(-c5ccccc5)ccn4)c3)cc2c2nc3ccccc3n12. The summed E-state index contributed by atoms with van der Waals surface area (Å²) in [6, 6.07) is 36.8. The number of imidazole rings is 1. The molecule has 4 aromatic carbocycles. The van der Waals surface area contributed by atoms with Crippen molar-refractivity contribution in [3.63, 3.8) is 0 Å². The van der Waals surface area contributed by atoms with Gasteiger partial charge in [-0.1, -0.05) is 75.4 Å². The summed E-state index contributed by atoms with van der Waals surface area (Å²) in [4.78, 5) is 14.7. The van der Waals surface area contributed by atoms with E-state index in [-0.39, 0.29) is 5.41 Å². The summed E-state index contributed by atoms with van der Waals surface area (Å²) in [6.07, 6.45) is 1.85. The molecule has 0 aliphatic rings. The highest BCUT2D eigenvalue weighted by molar-refractivity contribution is 5.97. The summed E-state index contributed by atoms with van der Waals surface area (Å²) in [5.74, 6) is 2.46. The van der Waals surface area contributed by atoms with Crippen molar-refractivity contribution in [3.05, 3.63) is 121 Å². The number of ether oxygens (including phenoxy) is 1. The van der Waals surface area contributed by atoms with E-state index in [4.69, 9.17) is 14.7 Å². The molecule has 0 radical (unpaired) electrons. The molecule has 5 nitrogen and oxygen atoms in total. The lowest BCUT2D eigenvalue weighted by Crippen LogP contribution is -2.19. The Morgan fingerprint density at radius 2 is 1.40 bits per heavy atom. The number of pyridine rings is 1. The Morgan fingerprint density at radius 3 is 2.25 bits per heavy atom. The largest absolute Gasteiger partial charge is 0.457 e. The first kappa shape index (κ1) is 24.0. The highest BCUT2D eigenvalue weighted by atomic mass is 16.5. The van der Waals surface area contributed by atoms with Gasteiger partial charge in [0, 0.05) is 22.6 Å². The predicted octanol–water partition coefficient (Wildman–Crippen LogP) is 8.85. The van der Waals surface area contributed by atoms with Gasteiger partial charge in [0.1, 0.15) is 23.0 Å². The molecule has 0 saturated heterocycles. The zero-order chi connectivity index (χ0) is 27.3. The van der Waals surface area contributed by atoms with E-state index in [1.807, 2.05) is 85.1 Å². The van der Waals surface area contributed by atoms with Crippen molar-refractivity contribution in [1.29, 1.82) is 0 Å². The Balaban J connectivity index is 1.29. The number of hydrogen-bond donors (Lipinski definition) is 0. The second-order valence-electron chi connectivity index (χ2n) is 11.0. The molecule has 0 saturated carbocycles. The molecule has 0 bridgehead atoms. The van der Waals surface area contributed by atoms with Crippen LogP contribution in [0.5, 0.6) is 11.5 Å². The summed E-state index contributed by atoms with van der Waals surface area (Å²) >= 11 is 0. The van der Waals surface area contributed by atoms with E-state index in [0.29, 0.717) is 0 Å². The van der Waals surface area contributed by atoms with Crippen molar-refractivity contribution < 1.29 is 4.74 Å². The van der Waals surface area contributed by atoms with Gasteiger partial charge in [-0.15, -0.1) is 0 Å². The van der Waals surface area contributed by atoms with E-state index in [0.717, 1.165) is 67.3 Å². The first-order valence-electron chi connectivity index (χ1n) is 13.5. The molecule has 0 spiro atoms. The van der Waals surface area contributed by atoms with Crippen LogP contribution in [0.2, 0.25) is 0 Å². The van der Waals surface area contributed by atoms with Gasteiger partial charge in [-0.25, -0.2) is 9.97 Å². The van der Waals surface area contributed by atoms with Gasteiger partial charge in [-0.2, -0.15) is 0 Å². The Bertz CT molecular complexity index is 2020. The summed E-state index contributed by atoms with van der Waals surface area (Å²) in [5.41, 5.74) is 7.82. The van der Waals surface area contributed by atoms with Crippen LogP contribution in [0, 0.1) is 0 Å². The van der Waals surface area contributed by atoms with Crippen molar-refractivity contribution in [1.82, 2.24) is 19.4 Å². The van der Waals surface area contributed by atoms with Crippen LogP contribution < -0.4 is 4.74 Å². The molecule has 0 unspecified atom stereocenters. The summed E-state index contributed by atoms with van der Waals surface area (Å²) < 4.78 is 8.58. The van der Waals surface area contributed by atoms with Crippen molar-refractivity contribution in [2.45, 2.75) is 26.2 Å². The Morgan fingerprint density at radius 1 is 0.625 bits per heavy atom. The first-order valence-corrected chi connectivity index (χ1v) is 13.5. The molecule has 3 heterocycles.